The molecular weight excluding hydrogens is 336 g/mol. The summed E-state index contributed by atoms with van der Waals surface area (Å²) in [5, 5.41) is 0. The second-order valence-electron chi connectivity index (χ2n) is 7.48. The Balaban J connectivity index is 1.60. The van der Waals surface area contributed by atoms with Crippen LogP contribution in [-0.2, 0) is 6.42 Å². The third-order valence-electron chi connectivity index (χ3n) is 5.83. The minimum atomic E-state index is 0.504. The predicted octanol–water partition coefficient (Wildman–Crippen LogP) is 4.07. The lowest BCUT2D eigenvalue weighted by atomic mass is 10.0. The second-order valence-corrected chi connectivity index (χ2v) is 7.48. The van der Waals surface area contributed by atoms with Gasteiger partial charge in [0, 0.05) is 37.9 Å². The van der Waals surface area contributed by atoms with Gasteiger partial charge in [-0.05, 0) is 62.1 Å². The van der Waals surface area contributed by atoms with Gasteiger partial charge in [-0.3, -0.25) is 4.90 Å². The number of anilines is 1. The molecule has 0 aliphatic carbocycles. The van der Waals surface area contributed by atoms with Crippen LogP contribution < -0.4 is 14.4 Å². The lowest BCUT2D eigenvalue weighted by Gasteiger charge is -2.40. The fraction of sp³-hybridized carbons (Fsp3) is 0.478. The molecule has 4 heteroatoms. The minimum absolute atomic E-state index is 0.504. The number of methoxy groups -OCH3 is 2. The zero-order valence-corrected chi connectivity index (χ0v) is 17.3. The van der Waals surface area contributed by atoms with E-state index >= 15 is 0 Å². The molecule has 1 atom stereocenters. The molecule has 0 N–H and O–H groups in total. The van der Waals surface area contributed by atoms with Gasteiger partial charge in [0.15, 0.2) is 11.5 Å². The summed E-state index contributed by atoms with van der Waals surface area (Å²) in [6.07, 6.45) is 1.02. The maximum atomic E-state index is 5.44. The van der Waals surface area contributed by atoms with Gasteiger partial charge in [0.25, 0.3) is 0 Å². The molecule has 0 spiro atoms. The smallest absolute Gasteiger partial charge is 0.160 e. The summed E-state index contributed by atoms with van der Waals surface area (Å²) in [5.74, 6) is 1.60. The van der Waals surface area contributed by atoms with Gasteiger partial charge in [-0.1, -0.05) is 18.2 Å². The molecule has 0 saturated carbocycles. The molecule has 4 nitrogen and oxygen atoms in total. The van der Waals surface area contributed by atoms with E-state index in [1.807, 2.05) is 6.07 Å². The van der Waals surface area contributed by atoms with Crippen LogP contribution in [0.3, 0.4) is 0 Å². The van der Waals surface area contributed by atoms with E-state index in [4.69, 9.17) is 9.47 Å². The van der Waals surface area contributed by atoms with E-state index in [0.29, 0.717) is 6.04 Å². The first-order valence-electron chi connectivity index (χ1n) is 9.79. The van der Waals surface area contributed by atoms with Gasteiger partial charge in [-0.25, -0.2) is 0 Å². The van der Waals surface area contributed by atoms with Crippen molar-refractivity contribution in [1.29, 1.82) is 0 Å². The van der Waals surface area contributed by atoms with Crippen LogP contribution in [0.15, 0.2) is 36.4 Å². The Labute approximate surface area is 163 Å². The Morgan fingerprint density at radius 1 is 0.926 bits per heavy atom. The van der Waals surface area contributed by atoms with E-state index in [1.54, 1.807) is 14.2 Å². The van der Waals surface area contributed by atoms with E-state index in [2.05, 4.69) is 60.9 Å². The number of ether oxygens (including phenoxy) is 2. The summed E-state index contributed by atoms with van der Waals surface area (Å²) in [5.41, 5.74) is 5.46. The van der Waals surface area contributed by atoms with Gasteiger partial charge in [0.1, 0.15) is 0 Å². The van der Waals surface area contributed by atoms with Crippen LogP contribution in [0.1, 0.15) is 23.6 Å². The lowest BCUT2D eigenvalue weighted by molar-refractivity contribution is 0.196. The number of hydrogen-bond acceptors (Lipinski definition) is 4. The van der Waals surface area contributed by atoms with Gasteiger partial charge in [0.2, 0.25) is 0 Å². The van der Waals surface area contributed by atoms with E-state index in [1.165, 1.54) is 22.4 Å². The summed E-state index contributed by atoms with van der Waals surface area (Å²) in [4.78, 5) is 5.13. The zero-order chi connectivity index (χ0) is 19.4. The predicted molar refractivity (Wildman–Crippen MR) is 112 cm³/mol. The summed E-state index contributed by atoms with van der Waals surface area (Å²) in [7, 11) is 3.37. The fourth-order valence-electron chi connectivity index (χ4n) is 3.96. The highest BCUT2D eigenvalue weighted by atomic mass is 16.5. The second kappa shape index (κ2) is 8.66. The number of hydrogen-bond donors (Lipinski definition) is 0. The first-order chi connectivity index (χ1) is 13.0. The van der Waals surface area contributed by atoms with Crippen molar-refractivity contribution in [3.8, 4) is 11.5 Å². The highest BCUT2D eigenvalue weighted by molar-refractivity contribution is 5.56. The molecule has 2 aromatic carbocycles. The number of aryl methyl sites for hydroxylation is 1. The van der Waals surface area contributed by atoms with Crippen LogP contribution >= 0.6 is 0 Å². The van der Waals surface area contributed by atoms with Gasteiger partial charge >= 0.3 is 0 Å². The summed E-state index contributed by atoms with van der Waals surface area (Å²) >= 11 is 0. The van der Waals surface area contributed by atoms with Crippen LogP contribution in [0.2, 0.25) is 0 Å². The van der Waals surface area contributed by atoms with Crippen molar-refractivity contribution < 1.29 is 9.47 Å². The molecule has 0 aromatic heterocycles. The molecule has 0 radical (unpaired) electrons. The molecule has 2 aromatic rings. The molecule has 1 heterocycles. The van der Waals surface area contributed by atoms with Crippen molar-refractivity contribution in [1.82, 2.24) is 4.90 Å². The van der Waals surface area contributed by atoms with Crippen LogP contribution in [0.4, 0.5) is 5.69 Å². The fourth-order valence-corrected chi connectivity index (χ4v) is 3.96. The Bertz CT molecular complexity index is 767. The molecule has 27 heavy (non-hydrogen) atoms. The number of nitrogens with zero attached hydrogens (tertiary/aromatic N) is 2. The maximum absolute atomic E-state index is 5.44. The van der Waals surface area contributed by atoms with Crippen LogP contribution in [0.5, 0.6) is 11.5 Å². The zero-order valence-electron chi connectivity index (χ0n) is 17.3. The third kappa shape index (κ3) is 4.38. The topological polar surface area (TPSA) is 24.9 Å². The molecule has 1 saturated heterocycles. The highest BCUT2D eigenvalue weighted by Crippen LogP contribution is 2.29. The van der Waals surface area contributed by atoms with Gasteiger partial charge in [0.05, 0.1) is 14.2 Å². The molecule has 0 unspecified atom stereocenters. The van der Waals surface area contributed by atoms with Crippen molar-refractivity contribution in [2.75, 3.05) is 45.3 Å². The summed E-state index contributed by atoms with van der Waals surface area (Å²) in [6, 6.07) is 13.4. The quantitative estimate of drug-likeness (QED) is 0.767. The lowest BCUT2D eigenvalue weighted by Crippen LogP contribution is -2.50. The Hall–Kier alpha value is -2.20. The third-order valence-corrected chi connectivity index (χ3v) is 5.83. The van der Waals surface area contributed by atoms with Crippen LogP contribution in [0, 0.1) is 13.8 Å². The molecule has 1 aliphatic heterocycles. The van der Waals surface area contributed by atoms with Crippen molar-refractivity contribution in [3.63, 3.8) is 0 Å². The molecule has 1 fully saturated rings. The van der Waals surface area contributed by atoms with Crippen molar-refractivity contribution in [3.05, 3.63) is 53.1 Å². The standard InChI is InChI=1S/C23H32N2O2/c1-17-7-6-8-21(19(17)3)25-13-11-24(12-14-25)18(2)15-20-9-10-22(26-4)23(16-20)27-5/h6-10,16,18H,11-15H2,1-5H3/t18-/m1/s1. The van der Waals surface area contributed by atoms with Crippen LogP contribution in [0.25, 0.3) is 0 Å². The normalized spacial score (nSPS) is 16.3. The van der Waals surface area contributed by atoms with E-state index in [9.17, 15) is 0 Å². The SMILES string of the molecule is COc1ccc(C[C@@H](C)N2CCN(c3cccc(C)c3C)CC2)cc1OC. The molecule has 0 bridgehead atoms. The summed E-state index contributed by atoms with van der Waals surface area (Å²) < 4.78 is 10.8. The minimum Gasteiger partial charge on any atom is -0.493 e. The van der Waals surface area contributed by atoms with E-state index in [0.717, 1.165) is 44.1 Å². The number of rotatable bonds is 6. The molecular formula is C23H32N2O2. The number of benzene rings is 2. The largest absolute Gasteiger partial charge is 0.493 e. The van der Waals surface area contributed by atoms with Gasteiger partial charge in [-0.15, -0.1) is 0 Å². The number of piperazine rings is 1. The molecule has 3 rings (SSSR count). The average Bonchev–Trinajstić information content (AvgIpc) is 2.70. The Kier molecular flexibility index (Phi) is 6.27. The monoisotopic (exact) mass is 368 g/mol. The average molecular weight is 369 g/mol. The van der Waals surface area contributed by atoms with Crippen molar-refractivity contribution >= 4 is 5.69 Å². The molecule has 0 amide bonds. The van der Waals surface area contributed by atoms with Crippen molar-refractivity contribution in [2.24, 2.45) is 0 Å². The Morgan fingerprint density at radius 3 is 2.30 bits per heavy atom. The first-order valence-corrected chi connectivity index (χ1v) is 9.79. The van der Waals surface area contributed by atoms with Crippen LogP contribution in [-0.4, -0.2) is 51.3 Å². The van der Waals surface area contributed by atoms with E-state index < -0.39 is 0 Å². The summed E-state index contributed by atoms with van der Waals surface area (Å²) in [6.45, 7) is 11.1. The molecule has 1 aliphatic rings. The van der Waals surface area contributed by atoms with Gasteiger partial charge < -0.3 is 14.4 Å². The highest BCUT2D eigenvalue weighted by Gasteiger charge is 2.22. The Morgan fingerprint density at radius 2 is 1.63 bits per heavy atom. The first kappa shape index (κ1) is 19.6. The van der Waals surface area contributed by atoms with Crippen molar-refractivity contribution in [2.45, 2.75) is 33.2 Å². The van der Waals surface area contributed by atoms with Gasteiger partial charge in [-0.2, -0.15) is 0 Å². The van der Waals surface area contributed by atoms with E-state index in [-0.39, 0.29) is 0 Å². The molecule has 146 valence electrons. The maximum Gasteiger partial charge on any atom is 0.160 e.